The average Bonchev–Trinajstić information content (AvgIpc) is 2.16. The van der Waals surface area contributed by atoms with Crippen LogP contribution >= 0.6 is 11.6 Å². The van der Waals surface area contributed by atoms with Crippen LogP contribution in [-0.2, 0) is 0 Å². The fraction of sp³-hybridized carbons (Fsp3) is 0.125. The van der Waals surface area contributed by atoms with E-state index < -0.39 is 28.4 Å². The average molecular weight is 233 g/mol. The molecule has 4 nitrogen and oxygen atoms in total. The van der Waals surface area contributed by atoms with Crippen molar-refractivity contribution >= 4 is 16.8 Å². The van der Waals surface area contributed by atoms with Crippen LogP contribution < -0.4 is 5.56 Å². The molecule has 7 heteroatoms. The summed E-state index contributed by atoms with van der Waals surface area (Å²) in [5, 5.41) is 7.28. The number of carbonyl (C=O) groups is 1. The van der Waals surface area contributed by atoms with E-state index in [1.54, 1.807) is 0 Å². The summed E-state index contributed by atoms with van der Waals surface area (Å²) in [5.74, 6) is 0. The summed E-state index contributed by atoms with van der Waals surface area (Å²) in [6.07, 6.45) is -2.30. The van der Waals surface area contributed by atoms with Gasteiger partial charge >= 0.3 is 0 Å². The minimum atomic E-state index is -3.17. The van der Waals surface area contributed by atoms with Crippen LogP contribution in [0.25, 0.3) is 0 Å². The van der Waals surface area contributed by atoms with Crippen molar-refractivity contribution in [1.82, 2.24) is 4.98 Å². The highest BCUT2D eigenvalue weighted by Crippen LogP contribution is 2.22. The first kappa shape index (κ1) is 11.3. The van der Waals surface area contributed by atoms with Crippen LogP contribution in [0.1, 0.15) is 27.9 Å². The highest BCUT2D eigenvalue weighted by atomic mass is 35.5. The molecule has 1 rings (SSSR count). The summed E-state index contributed by atoms with van der Waals surface area (Å²) in [6.45, 7) is 0. The van der Waals surface area contributed by atoms with E-state index in [0.29, 0.717) is 0 Å². The number of hydrogen-bond donors (Lipinski definition) is 1. The number of H-pyrrole nitrogens is 1. The molecule has 1 N–H and O–H groups in total. The molecule has 0 unspecified atom stereocenters. The van der Waals surface area contributed by atoms with E-state index in [-0.39, 0.29) is 5.56 Å². The summed E-state index contributed by atoms with van der Waals surface area (Å²) < 4.78 is 24.8. The topological polar surface area (TPSA) is 73.7 Å². The van der Waals surface area contributed by atoms with Crippen LogP contribution in [0.2, 0.25) is 0 Å². The maximum Gasteiger partial charge on any atom is 0.269 e. The lowest BCUT2D eigenvalue weighted by atomic mass is 10.1. The summed E-state index contributed by atoms with van der Waals surface area (Å²) in [7, 11) is 0. The predicted molar refractivity (Wildman–Crippen MR) is 46.9 cm³/mol. The molecule has 0 aliphatic heterocycles. The van der Waals surface area contributed by atoms with Gasteiger partial charge < -0.3 is 4.98 Å². The van der Waals surface area contributed by atoms with Gasteiger partial charge in [0.05, 0.1) is 16.7 Å². The molecule has 15 heavy (non-hydrogen) atoms. The monoisotopic (exact) mass is 232 g/mol. The van der Waals surface area contributed by atoms with Crippen LogP contribution in [0.15, 0.2) is 11.0 Å². The lowest BCUT2D eigenvalue weighted by Crippen LogP contribution is -2.18. The Balaban J connectivity index is 3.68. The zero-order valence-corrected chi connectivity index (χ0v) is 7.81. The van der Waals surface area contributed by atoms with E-state index in [2.05, 4.69) is 0 Å². The fourth-order valence-electron chi connectivity index (χ4n) is 1.05. The zero-order chi connectivity index (χ0) is 11.6. The van der Waals surface area contributed by atoms with Crippen LogP contribution in [0.3, 0.4) is 0 Å². The van der Waals surface area contributed by atoms with Gasteiger partial charge in [0, 0.05) is 6.20 Å². The molecule has 1 aromatic rings. The molecule has 0 saturated heterocycles. The SMILES string of the molecule is N#Cc1c[nH]c(=O)c(C(F)F)c1C(=O)Cl. The summed E-state index contributed by atoms with van der Waals surface area (Å²) in [4.78, 5) is 23.8. The van der Waals surface area contributed by atoms with Crippen LogP contribution in [-0.4, -0.2) is 10.2 Å². The first-order valence-electron chi connectivity index (χ1n) is 3.62. The smallest absolute Gasteiger partial charge is 0.269 e. The maximum atomic E-state index is 12.4. The Morgan fingerprint density at radius 1 is 1.60 bits per heavy atom. The number of aromatic amines is 1. The minimum Gasteiger partial charge on any atom is -0.327 e. The molecule has 0 aromatic carbocycles. The number of alkyl halides is 2. The molecule has 0 fully saturated rings. The first-order chi connectivity index (χ1) is 6.99. The van der Waals surface area contributed by atoms with Crippen LogP contribution in [0.4, 0.5) is 8.78 Å². The molecule has 0 spiro atoms. The second kappa shape index (κ2) is 4.19. The van der Waals surface area contributed by atoms with Crippen molar-refractivity contribution in [3.63, 3.8) is 0 Å². The van der Waals surface area contributed by atoms with Gasteiger partial charge in [0.2, 0.25) is 0 Å². The van der Waals surface area contributed by atoms with E-state index in [1.807, 2.05) is 4.98 Å². The van der Waals surface area contributed by atoms with Gasteiger partial charge in [0.1, 0.15) is 6.07 Å². The van der Waals surface area contributed by atoms with Gasteiger partial charge in [-0.05, 0) is 11.6 Å². The van der Waals surface area contributed by atoms with Crippen molar-refractivity contribution < 1.29 is 13.6 Å². The van der Waals surface area contributed by atoms with Crippen molar-refractivity contribution in [3.8, 4) is 6.07 Å². The third-order valence-electron chi connectivity index (χ3n) is 1.67. The number of halogens is 3. The number of pyridine rings is 1. The Labute approximate surface area is 87.1 Å². The molecule has 0 aliphatic rings. The summed E-state index contributed by atoms with van der Waals surface area (Å²) in [5.41, 5.74) is -3.33. The number of rotatable bonds is 2. The Morgan fingerprint density at radius 2 is 2.20 bits per heavy atom. The van der Waals surface area contributed by atoms with E-state index >= 15 is 0 Å². The standard InChI is InChI=1S/C8H3ClF2N2O2/c9-6(14)4-3(1-12)2-13-8(15)5(4)7(10)11/h2,7H,(H,13,15). The maximum absolute atomic E-state index is 12.4. The second-order valence-corrected chi connectivity index (χ2v) is 2.85. The van der Waals surface area contributed by atoms with Gasteiger partial charge in [-0.1, -0.05) is 0 Å². The fourth-order valence-corrected chi connectivity index (χ4v) is 1.26. The number of carbonyl (C=O) groups excluding carboxylic acids is 1. The molecule has 0 atom stereocenters. The first-order valence-corrected chi connectivity index (χ1v) is 4.00. The number of nitrogens with zero attached hydrogens (tertiary/aromatic N) is 1. The van der Waals surface area contributed by atoms with Gasteiger partial charge in [-0.3, -0.25) is 9.59 Å². The van der Waals surface area contributed by atoms with E-state index in [1.165, 1.54) is 6.07 Å². The van der Waals surface area contributed by atoms with Crippen molar-refractivity contribution in [2.24, 2.45) is 0 Å². The Morgan fingerprint density at radius 3 is 2.60 bits per heavy atom. The van der Waals surface area contributed by atoms with Gasteiger partial charge in [-0.25, -0.2) is 8.78 Å². The minimum absolute atomic E-state index is 0.384. The van der Waals surface area contributed by atoms with Crippen LogP contribution in [0.5, 0.6) is 0 Å². The van der Waals surface area contributed by atoms with E-state index in [4.69, 9.17) is 16.9 Å². The summed E-state index contributed by atoms with van der Waals surface area (Å²) >= 11 is 5.03. The number of hydrogen-bond acceptors (Lipinski definition) is 3. The third kappa shape index (κ3) is 2.02. The zero-order valence-electron chi connectivity index (χ0n) is 7.05. The highest BCUT2D eigenvalue weighted by Gasteiger charge is 2.24. The van der Waals surface area contributed by atoms with Gasteiger partial charge in [0.15, 0.2) is 0 Å². The van der Waals surface area contributed by atoms with Crippen molar-refractivity contribution in [1.29, 1.82) is 5.26 Å². The normalized spacial score (nSPS) is 10.1. The third-order valence-corrected chi connectivity index (χ3v) is 1.86. The van der Waals surface area contributed by atoms with Gasteiger partial charge in [0.25, 0.3) is 17.2 Å². The quantitative estimate of drug-likeness (QED) is 0.787. The molecule has 0 radical (unpaired) electrons. The molecule has 78 valence electrons. The Hall–Kier alpha value is -1.74. The molecular weight excluding hydrogens is 230 g/mol. The molecular formula is C8H3ClF2N2O2. The van der Waals surface area contributed by atoms with E-state index in [0.717, 1.165) is 6.20 Å². The molecule has 0 amide bonds. The van der Waals surface area contributed by atoms with Crippen LogP contribution in [0, 0.1) is 11.3 Å². The molecule has 0 bridgehead atoms. The highest BCUT2D eigenvalue weighted by molar-refractivity contribution is 6.68. The number of nitrogens with one attached hydrogen (secondary N) is 1. The molecule has 1 aromatic heterocycles. The van der Waals surface area contributed by atoms with Crippen molar-refractivity contribution in [2.75, 3.05) is 0 Å². The van der Waals surface area contributed by atoms with E-state index in [9.17, 15) is 18.4 Å². The molecule has 0 saturated carbocycles. The van der Waals surface area contributed by atoms with Crippen molar-refractivity contribution in [2.45, 2.75) is 6.43 Å². The van der Waals surface area contributed by atoms with Gasteiger partial charge in [-0.2, -0.15) is 5.26 Å². The lowest BCUT2D eigenvalue weighted by Gasteiger charge is -2.04. The van der Waals surface area contributed by atoms with Gasteiger partial charge in [-0.15, -0.1) is 0 Å². The Bertz CT molecular complexity index is 504. The largest absolute Gasteiger partial charge is 0.327 e. The number of aromatic nitrogens is 1. The Kier molecular flexibility index (Phi) is 3.17. The lowest BCUT2D eigenvalue weighted by molar-refractivity contribution is 0.106. The predicted octanol–water partition coefficient (Wildman–Crippen LogP) is 1.56. The van der Waals surface area contributed by atoms with Crippen molar-refractivity contribution in [3.05, 3.63) is 33.2 Å². The second-order valence-electron chi connectivity index (χ2n) is 2.51. The molecule has 0 aliphatic carbocycles. The summed E-state index contributed by atoms with van der Waals surface area (Å²) in [6, 6.07) is 1.49. The number of nitriles is 1. The molecule has 1 heterocycles.